The lowest BCUT2D eigenvalue weighted by Gasteiger charge is -2.31. The summed E-state index contributed by atoms with van der Waals surface area (Å²) in [6, 6.07) is 6.39. The average Bonchev–Trinajstić information content (AvgIpc) is 3.18. The summed E-state index contributed by atoms with van der Waals surface area (Å²) in [4.78, 5) is 26.0. The molecule has 0 unspecified atom stereocenters. The maximum Gasteiger partial charge on any atom is 0.254 e. The monoisotopic (exact) mass is 374 g/mol. The number of amides is 2. The van der Waals surface area contributed by atoms with E-state index < -0.39 is 17.5 Å². The highest BCUT2D eigenvalue weighted by molar-refractivity contribution is 5.94. The minimum atomic E-state index is -0.878. The van der Waals surface area contributed by atoms with Crippen LogP contribution in [0.4, 0.5) is 8.78 Å². The molecule has 5 nitrogen and oxygen atoms in total. The van der Waals surface area contributed by atoms with E-state index in [4.69, 9.17) is 4.42 Å². The molecule has 1 aromatic heterocycles. The Morgan fingerprint density at radius 1 is 1.22 bits per heavy atom. The fourth-order valence-corrected chi connectivity index (χ4v) is 3.01. The van der Waals surface area contributed by atoms with Gasteiger partial charge in [0.15, 0.2) is 0 Å². The maximum atomic E-state index is 13.6. The molecule has 2 heterocycles. The van der Waals surface area contributed by atoms with Gasteiger partial charge in [-0.3, -0.25) is 9.59 Å². The van der Waals surface area contributed by atoms with Gasteiger partial charge < -0.3 is 14.6 Å². The number of carbonyl (C=O) groups excluding carboxylic acids is 2. The second kappa shape index (κ2) is 8.62. The van der Waals surface area contributed by atoms with Crippen molar-refractivity contribution in [1.82, 2.24) is 10.2 Å². The molecule has 1 aliphatic heterocycles. The topological polar surface area (TPSA) is 62.6 Å². The van der Waals surface area contributed by atoms with E-state index in [0.29, 0.717) is 31.5 Å². The van der Waals surface area contributed by atoms with Gasteiger partial charge in [0.2, 0.25) is 5.91 Å². The Hall–Kier alpha value is -2.96. The number of nitrogens with one attached hydrogen (secondary N) is 1. The summed E-state index contributed by atoms with van der Waals surface area (Å²) in [5.74, 6) is -1.42. The molecule has 27 heavy (non-hydrogen) atoms. The predicted octanol–water partition coefficient (Wildman–Crippen LogP) is 3.24. The number of furan rings is 1. The van der Waals surface area contributed by atoms with E-state index in [2.05, 4.69) is 5.32 Å². The molecule has 2 amide bonds. The van der Waals surface area contributed by atoms with Gasteiger partial charge in [0.1, 0.15) is 17.4 Å². The molecule has 1 saturated heterocycles. The molecule has 3 rings (SSSR count). The van der Waals surface area contributed by atoms with Gasteiger partial charge in [0, 0.05) is 31.8 Å². The first-order valence-corrected chi connectivity index (χ1v) is 8.76. The molecule has 7 heteroatoms. The third kappa shape index (κ3) is 5.03. The van der Waals surface area contributed by atoms with Crippen molar-refractivity contribution in [3.63, 3.8) is 0 Å². The fraction of sp³-hybridized carbons (Fsp3) is 0.300. The third-order valence-electron chi connectivity index (χ3n) is 4.59. The summed E-state index contributed by atoms with van der Waals surface area (Å²) in [6.07, 6.45) is 6.14. The Morgan fingerprint density at radius 2 is 2.00 bits per heavy atom. The molecule has 1 N–H and O–H groups in total. The summed E-state index contributed by atoms with van der Waals surface area (Å²) in [5, 5.41) is 2.69. The Balaban J connectivity index is 1.44. The highest BCUT2D eigenvalue weighted by Crippen LogP contribution is 2.17. The maximum absolute atomic E-state index is 13.6. The van der Waals surface area contributed by atoms with Gasteiger partial charge in [-0.05, 0) is 49.1 Å². The zero-order valence-electron chi connectivity index (χ0n) is 14.7. The molecule has 1 fully saturated rings. The Kier molecular flexibility index (Phi) is 6.01. The molecular weight excluding hydrogens is 354 g/mol. The smallest absolute Gasteiger partial charge is 0.254 e. The SMILES string of the molecule is O=C(NCC1CCN(C(=O)/C=C/c2ccco2)CC1)c1ccc(F)cc1F. The zero-order valence-corrected chi connectivity index (χ0v) is 14.7. The lowest BCUT2D eigenvalue weighted by Crippen LogP contribution is -2.41. The third-order valence-corrected chi connectivity index (χ3v) is 4.59. The van der Waals surface area contributed by atoms with E-state index in [-0.39, 0.29) is 17.4 Å². The molecule has 142 valence electrons. The van der Waals surface area contributed by atoms with E-state index in [1.165, 1.54) is 6.08 Å². The summed E-state index contributed by atoms with van der Waals surface area (Å²) < 4.78 is 31.7. The highest BCUT2D eigenvalue weighted by atomic mass is 19.1. The van der Waals surface area contributed by atoms with Crippen molar-refractivity contribution in [2.75, 3.05) is 19.6 Å². The fourth-order valence-electron chi connectivity index (χ4n) is 3.01. The lowest BCUT2D eigenvalue weighted by molar-refractivity contribution is -0.127. The van der Waals surface area contributed by atoms with Crippen molar-refractivity contribution in [2.24, 2.45) is 5.92 Å². The minimum Gasteiger partial charge on any atom is -0.465 e. The second-order valence-electron chi connectivity index (χ2n) is 6.45. The van der Waals surface area contributed by atoms with Crippen LogP contribution in [0.25, 0.3) is 6.08 Å². The first-order chi connectivity index (χ1) is 13.0. The van der Waals surface area contributed by atoms with Crippen LogP contribution >= 0.6 is 0 Å². The van der Waals surface area contributed by atoms with Crippen molar-refractivity contribution in [3.05, 3.63) is 65.6 Å². The van der Waals surface area contributed by atoms with Crippen LogP contribution in [-0.2, 0) is 4.79 Å². The molecule has 0 saturated carbocycles. The van der Waals surface area contributed by atoms with Crippen molar-refractivity contribution in [2.45, 2.75) is 12.8 Å². The van der Waals surface area contributed by atoms with Crippen molar-refractivity contribution in [1.29, 1.82) is 0 Å². The van der Waals surface area contributed by atoms with Gasteiger partial charge in [0.25, 0.3) is 5.91 Å². The first kappa shape index (κ1) is 18.8. The van der Waals surface area contributed by atoms with E-state index in [9.17, 15) is 18.4 Å². The quantitative estimate of drug-likeness (QED) is 0.818. The van der Waals surface area contributed by atoms with Crippen LogP contribution in [0.2, 0.25) is 0 Å². The summed E-state index contributed by atoms with van der Waals surface area (Å²) in [7, 11) is 0. The Bertz CT molecular complexity index is 826. The molecule has 1 aliphatic rings. The summed E-state index contributed by atoms with van der Waals surface area (Å²) >= 11 is 0. The van der Waals surface area contributed by atoms with Gasteiger partial charge >= 0.3 is 0 Å². The average molecular weight is 374 g/mol. The number of benzene rings is 1. The second-order valence-corrected chi connectivity index (χ2v) is 6.45. The summed E-state index contributed by atoms with van der Waals surface area (Å²) in [6.45, 7) is 1.57. The number of rotatable bonds is 5. The largest absolute Gasteiger partial charge is 0.465 e. The lowest BCUT2D eigenvalue weighted by atomic mass is 9.96. The van der Waals surface area contributed by atoms with Gasteiger partial charge in [-0.25, -0.2) is 8.78 Å². The zero-order chi connectivity index (χ0) is 19.2. The standard InChI is InChI=1S/C20H20F2N2O3/c21-15-3-5-17(18(22)12-15)20(26)23-13-14-7-9-24(10-8-14)19(25)6-4-16-2-1-11-27-16/h1-6,11-12,14H,7-10,13H2,(H,23,26)/b6-4+. The van der Waals surface area contributed by atoms with Crippen LogP contribution in [0.5, 0.6) is 0 Å². The van der Waals surface area contributed by atoms with E-state index >= 15 is 0 Å². The number of likely N-dealkylation sites (tertiary alicyclic amines) is 1. The molecule has 0 bridgehead atoms. The van der Waals surface area contributed by atoms with Gasteiger partial charge in [-0.2, -0.15) is 0 Å². The van der Waals surface area contributed by atoms with Crippen molar-refractivity contribution < 1.29 is 22.8 Å². The van der Waals surface area contributed by atoms with Crippen LogP contribution in [0, 0.1) is 17.6 Å². The number of carbonyl (C=O) groups is 2. The van der Waals surface area contributed by atoms with Crippen LogP contribution < -0.4 is 5.32 Å². The Labute approximate surface area is 155 Å². The number of piperidine rings is 1. The van der Waals surface area contributed by atoms with E-state index in [1.807, 2.05) is 0 Å². The minimum absolute atomic E-state index is 0.0812. The molecule has 0 spiro atoms. The molecule has 0 atom stereocenters. The van der Waals surface area contributed by atoms with Crippen LogP contribution in [0.3, 0.4) is 0 Å². The molecule has 1 aromatic carbocycles. The van der Waals surface area contributed by atoms with Crippen molar-refractivity contribution in [3.8, 4) is 0 Å². The van der Waals surface area contributed by atoms with E-state index in [0.717, 1.165) is 25.0 Å². The number of hydrogen-bond acceptors (Lipinski definition) is 3. The molecular formula is C20H20F2N2O3. The van der Waals surface area contributed by atoms with Gasteiger partial charge in [0.05, 0.1) is 11.8 Å². The number of halogens is 2. The highest BCUT2D eigenvalue weighted by Gasteiger charge is 2.22. The molecule has 2 aromatic rings. The summed E-state index contributed by atoms with van der Waals surface area (Å²) in [5.41, 5.74) is -0.174. The normalized spacial score (nSPS) is 15.3. The Morgan fingerprint density at radius 3 is 2.67 bits per heavy atom. The van der Waals surface area contributed by atoms with Gasteiger partial charge in [-0.15, -0.1) is 0 Å². The van der Waals surface area contributed by atoms with Crippen LogP contribution in [0.15, 0.2) is 47.1 Å². The molecule has 0 aliphatic carbocycles. The van der Waals surface area contributed by atoms with E-state index in [1.54, 1.807) is 29.4 Å². The first-order valence-electron chi connectivity index (χ1n) is 8.76. The van der Waals surface area contributed by atoms with Gasteiger partial charge in [-0.1, -0.05) is 0 Å². The van der Waals surface area contributed by atoms with Crippen LogP contribution in [0.1, 0.15) is 29.0 Å². The predicted molar refractivity (Wildman–Crippen MR) is 95.7 cm³/mol. The van der Waals surface area contributed by atoms with Crippen molar-refractivity contribution >= 4 is 17.9 Å². The molecule has 0 radical (unpaired) electrons. The number of nitrogens with zero attached hydrogens (tertiary/aromatic N) is 1. The number of hydrogen-bond donors (Lipinski definition) is 1. The van der Waals surface area contributed by atoms with Crippen LogP contribution in [-0.4, -0.2) is 36.3 Å².